The lowest BCUT2D eigenvalue weighted by atomic mass is 10.2. The van der Waals surface area contributed by atoms with E-state index in [1.807, 2.05) is 41.2 Å². The van der Waals surface area contributed by atoms with Crippen LogP contribution in [0.3, 0.4) is 0 Å². The van der Waals surface area contributed by atoms with Crippen molar-refractivity contribution < 1.29 is 4.42 Å². The van der Waals surface area contributed by atoms with Gasteiger partial charge in [-0.15, -0.1) is 16.8 Å². The highest BCUT2D eigenvalue weighted by atomic mass is 32.2. The zero-order valence-corrected chi connectivity index (χ0v) is 15.5. The predicted molar refractivity (Wildman–Crippen MR) is 105 cm³/mol. The van der Waals surface area contributed by atoms with E-state index < -0.39 is 0 Å². The maximum Gasteiger partial charge on any atom is 0.200 e. The smallest absolute Gasteiger partial charge is 0.200 e. The lowest BCUT2D eigenvalue weighted by Crippen LogP contribution is -2.04. The average Bonchev–Trinajstić information content (AvgIpc) is 3.43. The van der Waals surface area contributed by atoms with E-state index in [2.05, 4.69) is 50.6 Å². The quantitative estimate of drug-likeness (QED) is 0.339. The molecular weight excluding hydrogens is 358 g/mol. The SMILES string of the molecule is C=CCn1c(SCc2nccn2Cc2ccccc2)nnc1-c1ccco1. The minimum Gasteiger partial charge on any atom is -0.461 e. The van der Waals surface area contributed by atoms with Gasteiger partial charge in [-0.1, -0.05) is 48.2 Å². The van der Waals surface area contributed by atoms with Crippen LogP contribution in [0.15, 0.2) is 83.3 Å². The second-order valence-electron chi connectivity index (χ2n) is 5.93. The molecule has 4 aromatic rings. The van der Waals surface area contributed by atoms with Crippen LogP contribution >= 0.6 is 11.8 Å². The molecule has 0 N–H and O–H groups in total. The number of hydrogen-bond acceptors (Lipinski definition) is 5. The summed E-state index contributed by atoms with van der Waals surface area (Å²) in [4.78, 5) is 4.51. The fraction of sp³-hybridized carbons (Fsp3) is 0.150. The van der Waals surface area contributed by atoms with Crippen molar-refractivity contribution >= 4 is 11.8 Å². The van der Waals surface area contributed by atoms with Crippen molar-refractivity contribution in [3.05, 3.63) is 85.2 Å². The molecule has 0 amide bonds. The highest BCUT2D eigenvalue weighted by molar-refractivity contribution is 7.98. The molecule has 1 aromatic carbocycles. The molecule has 4 rings (SSSR count). The van der Waals surface area contributed by atoms with Crippen molar-refractivity contribution in [2.45, 2.75) is 24.0 Å². The van der Waals surface area contributed by atoms with Crippen LogP contribution in [0.25, 0.3) is 11.6 Å². The van der Waals surface area contributed by atoms with Gasteiger partial charge in [-0.3, -0.25) is 4.57 Å². The molecule has 3 aromatic heterocycles. The van der Waals surface area contributed by atoms with E-state index in [0.29, 0.717) is 23.9 Å². The minimum absolute atomic E-state index is 0.615. The third-order valence-corrected chi connectivity index (χ3v) is 5.06. The fourth-order valence-electron chi connectivity index (χ4n) is 2.81. The standard InChI is InChI=1S/C20H19N5OS/c1-2-11-25-19(17-9-6-13-26-17)22-23-20(25)27-15-18-21-10-12-24(18)14-16-7-4-3-5-8-16/h2-10,12-13H,1,11,14-15H2. The van der Waals surface area contributed by atoms with E-state index in [9.17, 15) is 0 Å². The van der Waals surface area contributed by atoms with Gasteiger partial charge in [0, 0.05) is 25.5 Å². The molecule has 0 aliphatic carbocycles. The van der Waals surface area contributed by atoms with E-state index in [0.717, 1.165) is 17.5 Å². The molecule has 6 nitrogen and oxygen atoms in total. The molecule has 7 heteroatoms. The van der Waals surface area contributed by atoms with Crippen LogP contribution in [0.4, 0.5) is 0 Å². The van der Waals surface area contributed by atoms with Crippen molar-refractivity contribution in [3.8, 4) is 11.6 Å². The second-order valence-corrected chi connectivity index (χ2v) is 6.87. The zero-order chi connectivity index (χ0) is 18.5. The Balaban J connectivity index is 1.51. The van der Waals surface area contributed by atoms with Crippen molar-refractivity contribution in [2.75, 3.05) is 0 Å². The number of furan rings is 1. The first-order valence-corrected chi connectivity index (χ1v) is 9.58. The van der Waals surface area contributed by atoms with Gasteiger partial charge in [-0.05, 0) is 17.7 Å². The summed E-state index contributed by atoms with van der Waals surface area (Å²) in [5.41, 5.74) is 1.25. The average molecular weight is 377 g/mol. The molecule has 0 fully saturated rings. The van der Waals surface area contributed by atoms with Crippen molar-refractivity contribution in [1.82, 2.24) is 24.3 Å². The van der Waals surface area contributed by atoms with Gasteiger partial charge in [-0.2, -0.15) is 0 Å². The number of thioether (sulfide) groups is 1. The van der Waals surface area contributed by atoms with Crippen LogP contribution in [-0.2, 0) is 18.8 Å². The first-order chi connectivity index (χ1) is 13.3. The van der Waals surface area contributed by atoms with Crippen LogP contribution in [0.5, 0.6) is 0 Å². The monoisotopic (exact) mass is 377 g/mol. The highest BCUT2D eigenvalue weighted by Gasteiger charge is 2.16. The van der Waals surface area contributed by atoms with Crippen molar-refractivity contribution in [2.24, 2.45) is 0 Å². The van der Waals surface area contributed by atoms with Gasteiger partial charge in [0.25, 0.3) is 0 Å². The summed E-state index contributed by atoms with van der Waals surface area (Å²) in [6, 6.07) is 14.1. The third-order valence-electron chi connectivity index (χ3n) is 4.10. The Kier molecular flexibility index (Phi) is 5.20. The number of benzene rings is 1. The molecule has 0 atom stereocenters. The minimum atomic E-state index is 0.615. The third kappa shape index (κ3) is 3.88. The molecule has 0 spiro atoms. The number of allylic oxidation sites excluding steroid dienone is 1. The predicted octanol–water partition coefficient (Wildman–Crippen LogP) is 4.26. The summed E-state index contributed by atoms with van der Waals surface area (Å²) in [5.74, 6) is 3.10. The molecule has 0 saturated carbocycles. The van der Waals surface area contributed by atoms with Crippen molar-refractivity contribution in [1.29, 1.82) is 0 Å². The Labute approximate surface area is 161 Å². The first-order valence-electron chi connectivity index (χ1n) is 8.60. The Morgan fingerprint density at radius 1 is 1.11 bits per heavy atom. The summed E-state index contributed by atoms with van der Waals surface area (Å²) >= 11 is 1.60. The van der Waals surface area contributed by atoms with Crippen LogP contribution in [0.1, 0.15) is 11.4 Å². The Morgan fingerprint density at radius 3 is 2.78 bits per heavy atom. The summed E-state index contributed by atoms with van der Waals surface area (Å²) in [6.45, 7) is 5.25. The molecular formula is C20H19N5OS. The number of nitrogens with zero attached hydrogens (tertiary/aromatic N) is 5. The maximum absolute atomic E-state index is 5.47. The van der Waals surface area contributed by atoms with Crippen LogP contribution in [0, 0.1) is 0 Å². The first kappa shape index (κ1) is 17.4. The number of aromatic nitrogens is 5. The van der Waals surface area contributed by atoms with Gasteiger partial charge in [0.15, 0.2) is 10.9 Å². The van der Waals surface area contributed by atoms with E-state index >= 15 is 0 Å². The number of hydrogen-bond donors (Lipinski definition) is 0. The van der Waals surface area contributed by atoms with Crippen molar-refractivity contribution in [3.63, 3.8) is 0 Å². The van der Waals surface area contributed by atoms with E-state index in [-0.39, 0.29) is 0 Å². The lowest BCUT2D eigenvalue weighted by Gasteiger charge is -2.09. The molecule has 0 aliphatic rings. The van der Waals surface area contributed by atoms with Gasteiger partial charge >= 0.3 is 0 Å². The van der Waals surface area contributed by atoms with Crippen LogP contribution in [-0.4, -0.2) is 24.3 Å². The van der Waals surface area contributed by atoms with E-state index in [1.54, 1.807) is 18.0 Å². The summed E-state index contributed by atoms with van der Waals surface area (Å²) in [7, 11) is 0. The van der Waals surface area contributed by atoms with Gasteiger partial charge in [0.05, 0.1) is 12.0 Å². The van der Waals surface area contributed by atoms with E-state index in [1.165, 1.54) is 5.56 Å². The zero-order valence-electron chi connectivity index (χ0n) is 14.7. The second kappa shape index (κ2) is 8.09. The van der Waals surface area contributed by atoms with Crippen LogP contribution in [0.2, 0.25) is 0 Å². The molecule has 27 heavy (non-hydrogen) atoms. The van der Waals surface area contributed by atoms with Gasteiger partial charge in [0.2, 0.25) is 5.82 Å². The molecule has 3 heterocycles. The van der Waals surface area contributed by atoms with Gasteiger partial charge < -0.3 is 8.98 Å². The molecule has 0 bridgehead atoms. The normalized spacial score (nSPS) is 11.0. The molecule has 0 unspecified atom stereocenters. The van der Waals surface area contributed by atoms with E-state index in [4.69, 9.17) is 4.42 Å². The molecule has 0 aliphatic heterocycles. The molecule has 0 saturated heterocycles. The summed E-state index contributed by atoms with van der Waals surface area (Å²) in [6.07, 6.45) is 7.30. The largest absolute Gasteiger partial charge is 0.461 e. The topological polar surface area (TPSA) is 61.7 Å². The maximum atomic E-state index is 5.47. The Bertz CT molecular complexity index is 1000. The summed E-state index contributed by atoms with van der Waals surface area (Å²) in [5, 5.41) is 9.44. The van der Waals surface area contributed by atoms with Gasteiger partial charge in [0.1, 0.15) is 5.82 Å². The number of imidazole rings is 1. The van der Waals surface area contributed by atoms with Crippen LogP contribution < -0.4 is 0 Å². The summed E-state index contributed by atoms with van der Waals surface area (Å²) < 4.78 is 9.63. The van der Waals surface area contributed by atoms with Gasteiger partial charge in [-0.25, -0.2) is 4.98 Å². The molecule has 0 radical (unpaired) electrons. The highest BCUT2D eigenvalue weighted by Crippen LogP contribution is 2.26. The number of rotatable bonds is 8. The lowest BCUT2D eigenvalue weighted by molar-refractivity contribution is 0.569. The molecule has 136 valence electrons. The fourth-order valence-corrected chi connectivity index (χ4v) is 3.72. The Morgan fingerprint density at radius 2 is 2.00 bits per heavy atom. The Hall–Kier alpha value is -3.06.